The first-order valence-corrected chi connectivity index (χ1v) is 13.1. The molecule has 0 radical (unpaired) electrons. The molecule has 34 heavy (non-hydrogen) atoms. The van der Waals surface area contributed by atoms with E-state index in [1.54, 1.807) is 0 Å². The molecule has 4 nitrogen and oxygen atoms in total. The first-order valence-electron chi connectivity index (χ1n) is 13.1. The standard InChI is InChI=1S/C30H44O4/c1-7-11-22(4)32-27-15-10-14-25(20-27)29(31)18-16-26-21-28(33-23(5)12-8-2)17-19-30(26)34-24(6)13-9-3/h10,14-15,17,19-24H,7-9,11-13,16,18H2,1-6H3. The van der Waals surface area contributed by atoms with Crippen LogP contribution in [0.3, 0.4) is 0 Å². The molecule has 0 N–H and O–H groups in total. The number of hydrogen-bond donors (Lipinski definition) is 0. The van der Waals surface area contributed by atoms with E-state index < -0.39 is 0 Å². The third-order valence-electron chi connectivity index (χ3n) is 5.90. The lowest BCUT2D eigenvalue weighted by Gasteiger charge is -2.19. The minimum absolute atomic E-state index is 0.104. The smallest absolute Gasteiger partial charge is 0.163 e. The molecule has 2 aromatic rings. The number of Topliss-reactive ketones (excluding diaryl/α,β-unsaturated/α-hetero) is 1. The Labute approximate surface area is 207 Å². The van der Waals surface area contributed by atoms with Crippen molar-refractivity contribution < 1.29 is 19.0 Å². The quantitative estimate of drug-likeness (QED) is 0.233. The fraction of sp³-hybridized carbons (Fsp3) is 0.567. The summed E-state index contributed by atoms with van der Waals surface area (Å²) in [7, 11) is 0. The second-order valence-corrected chi connectivity index (χ2v) is 9.37. The minimum atomic E-state index is 0.104. The molecule has 0 fully saturated rings. The minimum Gasteiger partial charge on any atom is -0.491 e. The summed E-state index contributed by atoms with van der Waals surface area (Å²) >= 11 is 0. The van der Waals surface area contributed by atoms with E-state index in [4.69, 9.17) is 14.2 Å². The zero-order valence-electron chi connectivity index (χ0n) is 22.1. The lowest BCUT2D eigenvalue weighted by atomic mass is 10.0. The summed E-state index contributed by atoms with van der Waals surface area (Å²) in [4.78, 5) is 13.0. The first-order chi connectivity index (χ1) is 16.4. The van der Waals surface area contributed by atoms with Crippen molar-refractivity contribution in [3.05, 3.63) is 53.6 Å². The third kappa shape index (κ3) is 9.40. The fourth-order valence-corrected chi connectivity index (χ4v) is 4.15. The maximum atomic E-state index is 13.0. The van der Waals surface area contributed by atoms with Gasteiger partial charge in [-0.2, -0.15) is 0 Å². The molecular weight excluding hydrogens is 424 g/mol. The van der Waals surface area contributed by atoms with Crippen molar-refractivity contribution in [2.24, 2.45) is 0 Å². The molecule has 0 aromatic heterocycles. The molecule has 3 unspecified atom stereocenters. The van der Waals surface area contributed by atoms with E-state index in [0.717, 1.165) is 61.3 Å². The average Bonchev–Trinajstić information content (AvgIpc) is 2.79. The van der Waals surface area contributed by atoms with Crippen LogP contribution in [-0.4, -0.2) is 24.1 Å². The monoisotopic (exact) mass is 468 g/mol. The maximum absolute atomic E-state index is 13.0. The van der Waals surface area contributed by atoms with Crippen molar-refractivity contribution in [2.45, 2.75) is 111 Å². The van der Waals surface area contributed by atoms with Crippen LogP contribution >= 0.6 is 0 Å². The normalized spacial score (nSPS) is 13.7. The number of ketones is 1. The molecule has 0 heterocycles. The number of hydrogen-bond acceptors (Lipinski definition) is 4. The van der Waals surface area contributed by atoms with Crippen LogP contribution < -0.4 is 14.2 Å². The Kier molecular flexibility index (Phi) is 12.0. The summed E-state index contributed by atoms with van der Waals surface area (Å²) in [6, 6.07) is 13.5. The van der Waals surface area contributed by atoms with Crippen LogP contribution in [-0.2, 0) is 6.42 Å². The highest BCUT2D eigenvalue weighted by molar-refractivity contribution is 5.96. The highest BCUT2D eigenvalue weighted by Crippen LogP contribution is 2.29. The van der Waals surface area contributed by atoms with Gasteiger partial charge in [0.05, 0.1) is 18.3 Å². The molecule has 0 aliphatic heterocycles. The Morgan fingerprint density at radius 3 is 1.88 bits per heavy atom. The van der Waals surface area contributed by atoms with Crippen LogP contribution in [0, 0.1) is 0 Å². The Morgan fingerprint density at radius 2 is 1.29 bits per heavy atom. The van der Waals surface area contributed by atoms with Crippen molar-refractivity contribution in [1.82, 2.24) is 0 Å². The molecule has 0 aliphatic rings. The molecule has 0 bridgehead atoms. The maximum Gasteiger partial charge on any atom is 0.163 e. The third-order valence-corrected chi connectivity index (χ3v) is 5.90. The number of benzene rings is 2. The molecular formula is C30H44O4. The predicted molar refractivity (Wildman–Crippen MR) is 141 cm³/mol. The molecule has 3 atom stereocenters. The van der Waals surface area contributed by atoms with Crippen molar-refractivity contribution in [3.8, 4) is 17.2 Å². The van der Waals surface area contributed by atoms with Crippen molar-refractivity contribution in [1.29, 1.82) is 0 Å². The topological polar surface area (TPSA) is 44.8 Å². The van der Waals surface area contributed by atoms with Gasteiger partial charge in [-0.1, -0.05) is 52.2 Å². The molecule has 2 rings (SSSR count). The van der Waals surface area contributed by atoms with Gasteiger partial charge in [-0.25, -0.2) is 0 Å². The second-order valence-electron chi connectivity index (χ2n) is 9.37. The molecule has 188 valence electrons. The van der Waals surface area contributed by atoms with Gasteiger partial charge < -0.3 is 14.2 Å². The summed E-state index contributed by atoms with van der Waals surface area (Å²) in [6.45, 7) is 12.7. The molecule has 4 heteroatoms. The molecule has 0 aliphatic carbocycles. The number of aryl methyl sites for hydroxylation is 1. The van der Waals surface area contributed by atoms with Gasteiger partial charge in [-0.15, -0.1) is 0 Å². The predicted octanol–water partition coefficient (Wildman–Crippen LogP) is 8.20. The van der Waals surface area contributed by atoms with Crippen molar-refractivity contribution >= 4 is 5.78 Å². The van der Waals surface area contributed by atoms with E-state index in [2.05, 4.69) is 41.5 Å². The first kappa shape index (κ1) is 27.8. The van der Waals surface area contributed by atoms with Gasteiger partial charge in [0.25, 0.3) is 0 Å². The molecule has 0 amide bonds. The van der Waals surface area contributed by atoms with Gasteiger partial charge in [0.15, 0.2) is 5.78 Å². The van der Waals surface area contributed by atoms with E-state index in [1.165, 1.54) is 0 Å². The summed E-state index contributed by atoms with van der Waals surface area (Å²) in [5, 5.41) is 0. The molecule has 0 saturated carbocycles. The second kappa shape index (κ2) is 14.7. The highest BCUT2D eigenvalue weighted by atomic mass is 16.5. The summed E-state index contributed by atoms with van der Waals surface area (Å²) in [6.07, 6.45) is 7.64. The molecule has 0 spiro atoms. The van der Waals surface area contributed by atoms with Crippen LogP contribution in [0.15, 0.2) is 42.5 Å². The average molecular weight is 469 g/mol. The van der Waals surface area contributed by atoms with E-state index in [-0.39, 0.29) is 24.1 Å². The number of carbonyl (C=O) groups is 1. The zero-order chi connectivity index (χ0) is 24.9. The lowest BCUT2D eigenvalue weighted by molar-refractivity contribution is 0.0981. The summed E-state index contributed by atoms with van der Waals surface area (Å²) in [5.41, 5.74) is 1.70. The Bertz CT molecular complexity index is 876. The Hall–Kier alpha value is -2.49. The Morgan fingerprint density at radius 1 is 0.735 bits per heavy atom. The molecule has 0 saturated heterocycles. The van der Waals surface area contributed by atoms with Crippen LogP contribution in [0.25, 0.3) is 0 Å². The zero-order valence-corrected chi connectivity index (χ0v) is 22.1. The number of carbonyl (C=O) groups excluding carboxylic acids is 1. The van der Waals surface area contributed by atoms with Gasteiger partial charge in [0.2, 0.25) is 0 Å². The Balaban J connectivity index is 2.13. The van der Waals surface area contributed by atoms with Gasteiger partial charge in [0, 0.05) is 12.0 Å². The van der Waals surface area contributed by atoms with Crippen molar-refractivity contribution in [2.75, 3.05) is 0 Å². The van der Waals surface area contributed by atoms with Gasteiger partial charge in [-0.3, -0.25) is 4.79 Å². The van der Waals surface area contributed by atoms with E-state index in [0.29, 0.717) is 18.4 Å². The van der Waals surface area contributed by atoms with Gasteiger partial charge in [-0.05, 0) is 82.3 Å². The van der Waals surface area contributed by atoms with Crippen LogP contribution in [0.5, 0.6) is 17.2 Å². The molecule has 2 aromatic carbocycles. The SMILES string of the molecule is CCCC(C)Oc1cccc(C(=O)CCc2cc(OC(C)CCC)ccc2OC(C)CCC)c1. The van der Waals surface area contributed by atoms with E-state index in [9.17, 15) is 4.79 Å². The largest absolute Gasteiger partial charge is 0.491 e. The number of ether oxygens (including phenoxy) is 3. The van der Waals surface area contributed by atoms with Crippen LogP contribution in [0.1, 0.15) is 102 Å². The van der Waals surface area contributed by atoms with E-state index >= 15 is 0 Å². The van der Waals surface area contributed by atoms with Crippen molar-refractivity contribution in [3.63, 3.8) is 0 Å². The van der Waals surface area contributed by atoms with Gasteiger partial charge >= 0.3 is 0 Å². The highest BCUT2D eigenvalue weighted by Gasteiger charge is 2.15. The van der Waals surface area contributed by atoms with Crippen LogP contribution in [0.2, 0.25) is 0 Å². The van der Waals surface area contributed by atoms with E-state index in [1.807, 2.05) is 42.5 Å². The lowest BCUT2D eigenvalue weighted by Crippen LogP contribution is -2.14. The summed E-state index contributed by atoms with van der Waals surface area (Å²) < 4.78 is 18.3. The number of rotatable bonds is 16. The summed E-state index contributed by atoms with van der Waals surface area (Å²) in [5.74, 6) is 2.53. The van der Waals surface area contributed by atoms with Gasteiger partial charge in [0.1, 0.15) is 17.2 Å². The van der Waals surface area contributed by atoms with Crippen LogP contribution in [0.4, 0.5) is 0 Å². The fourth-order valence-electron chi connectivity index (χ4n) is 4.15.